The predicted molar refractivity (Wildman–Crippen MR) is 129 cm³/mol. The van der Waals surface area contributed by atoms with E-state index in [1.165, 1.54) is 23.8 Å². The standard InChI is InChI=1S/C26H34N4O3/c1-2-3-9-29(24(32)26-13-18-10-19(14-26)12-20(11-18)15-26)21-22(27)30(25(33)28-23(21)31)16-17-7-5-4-6-8-17/h4-8,18-20H,2-3,9-16,27H2,1H3,(H,28,31,33). The summed E-state index contributed by atoms with van der Waals surface area (Å²) in [6, 6.07) is 9.52. The lowest BCUT2D eigenvalue weighted by Crippen LogP contribution is -2.56. The van der Waals surface area contributed by atoms with Crippen molar-refractivity contribution in [3.05, 3.63) is 56.7 Å². The molecule has 1 aromatic carbocycles. The van der Waals surface area contributed by atoms with E-state index < -0.39 is 11.2 Å². The molecule has 33 heavy (non-hydrogen) atoms. The van der Waals surface area contributed by atoms with E-state index in [0.29, 0.717) is 24.3 Å². The Hall–Kier alpha value is -2.83. The van der Waals surface area contributed by atoms with Crippen molar-refractivity contribution in [1.82, 2.24) is 9.55 Å². The van der Waals surface area contributed by atoms with E-state index in [-0.39, 0.29) is 29.4 Å². The van der Waals surface area contributed by atoms with Crippen molar-refractivity contribution < 1.29 is 4.79 Å². The minimum atomic E-state index is -0.573. The van der Waals surface area contributed by atoms with Crippen molar-refractivity contribution in [2.45, 2.75) is 64.8 Å². The summed E-state index contributed by atoms with van der Waals surface area (Å²) in [5, 5.41) is 0. The molecule has 1 amide bonds. The van der Waals surface area contributed by atoms with Gasteiger partial charge in [0.2, 0.25) is 5.91 Å². The van der Waals surface area contributed by atoms with Crippen LogP contribution in [0.1, 0.15) is 63.9 Å². The van der Waals surface area contributed by atoms with Crippen LogP contribution < -0.4 is 21.9 Å². The van der Waals surface area contributed by atoms with E-state index in [2.05, 4.69) is 11.9 Å². The van der Waals surface area contributed by atoms with E-state index in [0.717, 1.165) is 37.7 Å². The summed E-state index contributed by atoms with van der Waals surface area (Å²) in [4.78, 5) is 44.0. The molecule has 4 saturated carbocycles. The Morgan fingerprint density at radius 1 is 1.09 bits per heavy atom. The van der Waals surface area contributed by atoms with Gasteiger partial charge in [0.25, 0.3) is 5.56 Å². The predicted octanol–water partition coefficient (Wildman–Crippen LogP) is 3.52. The number of anilines is 2. The number of nitrogen functional groups attached to an aromatic ring is 1. The average Bonchev–Trinajstić information content (AvgIpc) is 2.78. The van der Waals surface area contributed by atoms with Crippen LogP contribution in [0.3, 0.4) is 0 Å². The molecule has 4 aliphatic rings. The number of aromatic amines is 1. The van der Waals surface area contributed by atoms with Crippen LogP contribution >= 0.6 is 0 Å². The van der Waals surface area contributed by atoms with Gasteiger partial charge in [-0.05, 0) is 68.3 Å². The topological polar surface area (TPSA) is 101 Å². The molecule has 1 heterocycles. The maximum Gasteiger partial charge on any atom is 0.330 e. The second-order valence-corrected chi connectivity index (χ2v) is 10.6. The normalized spacial score (nSPS) is 27.6. The molecule has 2 aromatic rings. The highest BCUT2D eigenvalue weighted by Gasteiger charge is 2.56. The van der Waals surface area contributed by atoms with Gasteiger partial charge in [-0.3, -0.25) is 19.1 Å². The van der Waals surface area contributed by atoms with Gasteiger partial charge in [0.15, 0.2) is 5.69 Å². The zero-order valence-corrected chi connectivity index (χ0v) is 19.4. The van der Waals surface area contributed by atoms with E-state index in [1.54, 1.807) is 4.90 Å². The number of carbonyl (C=O) groups excluding carboxylic acids is 1. The zero-order chi connectivity index (χ0) is 23.2. The van der Waals surface area contributed by atoms with Crippen molar-refractivity contribution in [2.24, 2.45) is 23.2 Å². The molecule has 0 aliphatic heterocycles. The second kappa shape index (κ2) is 8.50. The zero-order valence-electron chi connectivity index (χ0n) is 19.4. The molecule has 0 unspecified atom stereocenters. The van der Waals surface area contributed by atoms with Crippen LogP contribution in [0.5, 0.6) is 0 Å². The Kier molecular flexibility index (Phi) is 5.67. The van der Waals surface area contributed by atoms with Crippen LogP contribution in [0.15, 0.2) is 39.9 Å². The smallest absolute Gasteiger partial charge is 0.330 e. The third-order valence-electron chi connectivity index (χ3n) is 8.14. The van der Waals surface area contributed by atoms with Crippen LogP contribution in [0.4, 0.5) is 11.5 Å². The molecule has 4 bridgehead atoms. The number of amides is 1. The van der Waals surface area contributed by atoms with Crippen molar-refractivity contribution in [3.63, 3.8) is 0 Å². The van der Waals surface area contributed by atoms with Crippen LogP contribution in [0.2, 0.25) is 0 Å². The van der Waals surface area contributed by atoms with Crippen molar-refractivity contribution in [3.8, 4) is 0 Å². The van der Waals surface area contributed by atoms with Gasteiger partial charge in [-0.2, -0.15) is 0 Å². The maximum absolute atomic E-state index is 14.2. The molecule has 176 valence electrons. The minimum absolute atomic E-state index is 0.0390. The number of hydrogen-bond acceptors (Lipinski definition) is 4. The summed E-state index contributed by atoms with van der Waals surface area (Å²) in [5.41, 5.74) is 6.01. The highest BCUT2D eigenvalue weighted by molar-refractivity contribution is 5.99. The summed E-state index contributed by atoms with van der Waals surface area (Å²) in [5.74, 6) is 1.97. The lowest BCUT2D eigenvalue weighted by atomic mass is 9.49. The van der Waals surface area contributed by atoms with E-state index in [1.807, 2.05) is 30.3 Å². The van der Waals surface area contributed by atoms with Gasteiger partial charge >= 0.3 is 5.69 Å². The highest BCUT2D eigenvalue weighted by Crippen LogP contribution is 2.60. The fourth-order valence-electron chi connectivity index (χ4n) is 7.05. The SMILES string of the molecule is CCCCN(C(=O)C12CC3CC(CC(C3)C1)C2)c1c(N)n(Cc2ccccc2)c(=O)[nH]c1=O. The van der Waals surface area contributed by atoms with E-state index in [4.69, 9.17) is 5.73 Å². The molecule has 7 heteroatoms. The number of nitrogens with one attached hydrogen (secondary N) is 1. The van der Waals surface area contributed by atoms with Gasteiger partial charge in [0.1, 0.15) is 5.82 Å². The largest absolute Gasteiger partial charge is 0.383 e. The number of nitrogens with two attached hydrogens (primary N) is 1. The molecule has 4 aliphatic carbocycles. The minimum Gasteiger partial charge on any atom is -0.383 e. The van der Waals surface area contributed by atoms with Crippen LogP contribution in [-0.4, -0.2) is 22.0 Å². The lowest BCUT2D eigenvalue weighted by molar-refractivity contribution is -0.143. The van der Waals surface area contributed by atoms with E-state index in [9.17, 15) is 14.4 Å². The molecule has 1 aromatic heterocycles. The van der Waals surface area contributed by atoms with Crippen LogP contribution in [0, 0.1) is 23.2 Å². The van der Waals surface area contributed by atoms with Crippen molar-refractivity contribution in [2.75, 3.05) is 17.2 Å². The first-order valence-corrected chi connectivity index (χ1v) is 12.4. The number of H-pyrrole nitrogens is 1. The van der Waals surface area contributed by atoms with Crippen molar-refractivity contribution in [1.29, 1.82) is 0 Å². The average molecular weight is 451 g/mol. The third-order valence-corrected chi connectivity index (χ3v) is 8.14. The Morgan fingerprint density at radius 3 is 2.27 bits per heavy atom. The van der Waals surface area contributed by atoms with Gasteiger partial charge < -0.3 is 10.6 Å². The molecule has 0 radical (unpaired) electrons. The van der Waals surface area contributed by atoms with Crippen LogP contribution in [-0.2, 0) is 11.3 Å². The molecule has 0 spiro atoms. The highest BCUT2D eigenvalue weighted by atomic mass is 16.2. The summed E-state index contributed by atoms with van der Waals surface area (Å²) in [7, 11) is 0. The third kappa shape index (κ3) is 3.91. The van der Waals surface area contributed by atoms with Gasteiger partial charge in [-0.1, -0.05) is 43.7 Å². The quantitative estimate of drug-likeness (QED) is 0.674. The monoisotopic (exact) mass is 450 g/mol. The fourth-order valence-corrected chi connectivity index (χ4v) is 7.05. The molecule has 7 nitrogen and oxygen atoms in total. The number of hydrogen-bond donors (Lipinski definition) is 2. The maximum atomic E-state index is 14.2. The number of nitrogens with zero attached hydrogens (tertiary/aromatic N) is 2. The first-order chi connectivity index (χ1) is 15.9. The van der Waals surface area contributed by atoms with Gasteiger partial charge in [-0.15, -0.1) is 0 Å². The van der Waals surface area contributed by atoms with Gasteiger partial charge in [0.05, 0.1) is 12.0 Å². The first kappa shape index (κ1) is 22.0. The molecule has 4 fully saturated rings. The molecule has 3 N–H and O–H groups in total. The number of benzene rings is 1. The molecule has 6 rings (SSSR count). The number of aromatic nitrogens is 2. The number of unbranched alkanes of at least 4 members (excludes halogenated alkanes) is 1. The lowest BCUT2D eigenvalue weighted by Gasteiger charge is -2.56. The summed E-state index contributed by atoms with van der Waals surface area (Å²) in [6.45, 7) is 2.74. The Bertz CT molecular complexity index is 1120. The summed E-state index contributed by atoms with van der Waals surface area (Å²) >= 11 is 0. The number of carbonyl (C=O) groups is 1. The van der Waals surface area contributed by atoms with Gasteiger partial charge in [0, 0.05) is 6.54 Å². The molecule has 0 atom stereocenters. The fraction of sp³-hybridized carbons (Fsp3) is 0.577. The van der Waals surface area contributed by atoms with Crippen molar-refractivity contribution >= 4 is 17.4 Å². The molecular formula is C26H34N4O3. The second-order valence-electron chi connectivity index (χ2n) is 10.6. The molecular weight excluding hydrogens is 416 g/mol. The van der Waals surface area contributed by atoms with Gasteiger partial charge in [-0.25, -0.2) is 4.79 Å². The summed E-state index contributed by atoms with van der Waals surface area (Å²) < 4.78 is 1.37. The Balaban J connectivity index is 1.55. The van der Waals surface area contributed by atoms with E-state index >= 15 is 0 Å². The first-order valence-electron chi connectivity index (χ1n) is 12.4. The molecule has 0 saturated heterocycles. The van der Waals surface area contributed by atoms with Crippen LogP contribution in [0.25, 0.3) is 0 Å². The number of rotatable bonds is 7. The Morgan fingerprint density at radius 2 is 1.70 bits per heavy atom. The Labute approximate surface area is 194 Å². The summed E-state index contributed by atoms with van der Waals surface area (Å²) in [6.07, 6.45) is 8.15.